The summed E-state index contributed by atoms with van der Waals surface area (Å²) in [6.07, 6.45) is 10.4. The number of carbonyl (C=O) groups is 1. The Morgan fingerprint density at radius 2 is 1.71 bits per heavy atom. The molecule has 210 valence electrons. The van der Waals surface area contributed by atoms with Crippen molar-refractivity contribution in [1.29, 1.82) is 0 Å². The highest BCUT2D eigenvalue weighted by Crippen LogP contribution is 2.29. The van der Waals surface area contributed by atoms with Crippen molar-refractivity contribution < 1.29 is 14.3 Å². The topological polar surface area (TPSA) is 76.6 Å². The van der Waals surface area contributed by atoms with Gasteiger partial charge in [0.15, 0.2) is 0 Å². The molecule has 7 heteroatoms. The van der Waals surface area contributed by atoms with E-state index in [-0.39, 0.29) is 5.91 Å². The van der Waals surface area contributed by atoms with Crippen molar-refractivity contribution in [3.8, 4) is 16.9 Å². The van der Waals surface area contributed by atoms with Crippen molar-refractivity contribution in [3.05, 3.63) is 107 Å². The maximum Gasteiger partial charge on any atom is 0.238 e. The number of fused-ring (bicyclic) bond motifs is 4. The number of aryl methyl sites for hydroxylation is 1. The Hall–Kier alpha value is -4.07. The van der Waals surface area contributed by atoms with Gasteiger partial charge >= 0.3 is 0 Å². The van der Waals surface area contributed by atoms with Gasteiger partial charge in [0.25, 0.3) is 0 Å². The number of hydrogen-bond donors (Lipinski definition) is 1. The Morgan fingerprint density at radius 3 is 2.63 bits per heavy atom. The fourth-order valence-electron chi connectivity index (χ4n) is 5.81. The summed E-state index contributed by atoms with van der Waals surface area (Å²) < 4.78 is 12.1. The van der Waals surface area contributed by atoms with Crippen LogP contribution in [0.5, 0.6) is 5.75 Å². The summed E-state index contributed by atoms with van der Waals surface area (Å²) in [5.74, 6) is 0.869. The number of amides is 1. The van der Waals surface area contributed by atoms with Crippen LogP contribution in [0.2, 0.25) is 0 Å². The summed E-state index contributed by atoms with van der Waals surface area (Å²) in [5, 5.41) is 3.21. The molecular weight excluding hydrogens is 512 g/mol. The van der Waals surface area contributed by atoms with Crippen molar-refractivity contribution >= 4 is 11.6 Å². The van der Waals surface area contributed by atoms with Gasteiger partial charge in [0, 0.05) is 43.2 Å². The second-order valence-electron chi connectivity index (χ2n) is 10.8. The molecule has 1 amide bonds. The molecule has 0 atom stereocenters. The SMILES string of the molecule is O=C(CN1CCOCCOc2ccc(-c3cncnc3)cc2Cc2cccc(c2)C1)Nc1cccc2c1CCCC2. The van der Waals surface area contributed by atoms with E-state index >= 15 is 0 Å². The van der Waals surface area contributed by atoms with Crippen LogP contribution in [0.3, 0.4) is 0 Å². The van der Waals surface area contributed by atoms with E-state index in [4.69, 9.17) is 9.47 Å². The van der Waals surface area contributed by atoms with Gasteiger partial charge in [-0.25, -0.2) is 9.97 Å². The fraction of sp³-hybridized carbons (Fsp3) is 0.324. The summed E-state index contributed by atoms with van der Waals surface area (Å²) in [7, 11) is 0. The van der Waals surface area contributed by atoms with Gasteiger partial charge in [-0.3, -0.25) is 9.69 Å². The first-order valence-corrected chi connectivity index (χ1v) is 14.5. The molecule has 3 aromatic carbocycles. The molecule has 2 heterocycles. The molecule has 7 nitrogen and oxygen atoms in total. The highest BCUT2D eigenvalue weighted by molar-refractivity contribution is 5.93. The molecule has 2 bridgehead atoms. The van der Waals surface area contributed by atoms with Gasteiger partial charge in [0.2, 0.25) is 5.91 Å². The highest BCUT2D eigenvalue weighted by atomic mass is 16.5. The van der Waals surface area contributed by atoms with Crippen molar-refractivity contribution in [3.63, 3.8) is 0 Å². The minimum absolute atomic E-state index is 0.0101. The second-order valence-corrected chi connectivity index (χ2v) is 10.8. The van der Waals surface area contributed by atoms with Crippen LogP contribution in [-0.2, 0) is 35.3 Å². The number of nitrogens with one attached hydrogen (secondary N) is 1. The van der Waals surface area contributed by atoms with Crippen LogP contribution < -0.4 is 10.1 Å². The lowest BCUT2D eigenvalue weighted by Crippen LogP contribution is -2.35. The molecule has 1 N–H and O–H groups in total. The number of hydrogen-bond acceptors (Lipinski definition) is 6. The van der Waals surface area contributed by atoms with Gasteiger partial charge in [-0.2, -0.15) is 0 Å². The molecule has 6 rings (SSSR count). The third-order valence-corrected chi connectivity index (χ3v) is 7.82. The summed E-state index contributed by atoms with van der Waals surface area (Å²) in [6, 6.07) is 21.1. The zero-order valence-corrected chi connectivity index (χ0v) is 23.4. The first-order chi connectivity index (χ1) is 20.2. The van der Waals surface area contributed by atoms with Crippen molar-refractivity contribution in [2.24, 2.45) is 0 Å². The normalized spacial score (nSPS) is 16.0. The van der Waals surface area contributed by atoms with Crippen LogP contribution in [0.15, 0.2) is 79.4 Å². The van der Waals surface area contributed by atoms with Gasteiger partial charge in [-0.15, -0.1) is 0 Å². The lowest BCUT2D eigenvalue weighted by Gasteiger charge is -2.24. The molecule has 0 saturated heterocycles. The number of rotatable bonds is 4. The van der Waals surface area contributed by atoms with E-state index in [9.17, 15) is 4.79 Å². The fourth-order valence-corrected chi connectivity index (χ4v) is 5.81. The van der Waals surface area contributed by atoms with Gasteiger partial charge in [-0.05, 0) is 77.3 Å². The van der Waals surface area contributed by atoms with E-state index in [0.717, 1.165) is 47.4 Å². The molecule has 41 heavy (non-hydrogen) atoms. The van der Waals surface area contributed by atoms with E-state index in [0.29, 0.717) is 39.5 Å². The van der Waals surface area contributed by atoms with Crippen LogP contribution in [0.25, 0.3) is 11.1 Å². The highest BCUT2D eigenvalue weighted by Gasteiger charge is 2.17. The first-order valence-electron chi connectivity index (χ1n) is 14.5. The Balaban J connectivity index is 1.20. The standard InChI is InChI=1S/C34H36N4O3/c39-34(37-32-10-4-8-27-7-1-2-9-31(27)32)23-38-13-14-40-15-16-41-33-12-11-28(30-20-35-24-36-21-30)19-29(33)18-25-5-3-6-26(17-25)22-38/h3-6,8,10-12,17,19-21,24H,1-2,7,9,13-16,18,22-23H2,(H,37,39). The zero-order valence-electron chi connectivity index (χ0n) is 23.4. The number of anilines is 1. The predicted molar refractivity (Wildman–Crippen MR) is 160 cm³/mol. The minimum atomic E-state index is 0.0101. The summed E-state index contributed by atoms with van der Waals surface area (Å²) in [6.45, 7) is 3.09. The molecule has 1 aliphatic heterocycles. The average molecular weight is 549 g/mol. The Labute approximate surface area is 241 Å². The maximum absolute atomic E-state index is 13.2. The second kappa shape index (κ2) is 13.1. The average Bonchev–Trinajstić information content (AvgIpc) is 3.00. The monoisotopic (exact) mass is 548 g/mol. The molecule has 0 spiro atoms. The van der Waals surface area contributed by atoms with Crippen LogP contribution in [0.1, 0.15) is 40.7 Å². The Kier molecular flexibility index (Phi) is 8.64. The molecule has 0 unspecified atom stereocenters. The smallest absolute Gasteiger partial charge is 0.238 e. The number of nitrogens with zero attached hydrogens (tertiary/aromatic N) is 3. The molecule has 0 fully saturated rings. The quantitative estimate of drug-likeness (QED) is 0.365. The van der Waals surface area contributed by atoms with E-state index in [1.165, 1.54) is 35.1 Å². The zero-order chi connectivity index (χ0) is 27.9. The van der Waals surface area contributed by atoms with E-state index in [1.807, 2.05) is 30.6 Å². The summed E-state index contributed by atoms with van der Waals surface area (Å²) in [5.41, 5.74) is 9.11. The predicted octanol–water partition coefficient (Wildman–Crippen LogP) is 5.46. The number of benzene rings is 3. The van der Waals surface area contributed by atoms with Crippen molar-refractivity contribution in [2.45, 2.75) is 38.6 Å². The van der Waals surface area contributed by atoms with Gasteiger partial charge < -0.3 is 14.8 Å². The number of carbonyl (C=O) groups excluding carboxylic acids is 1. The third kappa shape index (κ3) is 6.99. The van der Waals surface area contributed by atoms with E-state index < -0.39 is 0 Å². The summed E-state index contributed by atoms with van der Waals surface area (Å²) >= 11 is 0. The maximum atomic E-state index is 13.2. The van der Waals surface area contributed by atoms with Gasteiger partial charge in [0.1, 0.15) is 18.7 Å². The molecule has 0 saturated carbocycles. The molecule has 1 aromatic heterocycles. The number of ether oxygens (including phenoxy) is 2. The first kappa shape index (κ1) is 27.1. The molecule has 2 aliphatic rings. The third-order valence-electron chi connectivity index (χ3n) is 7.82. The molecule has 4 aromatic rings. The Morgan fingerprint density at radius 1 is 0.854 bits per heavy atom. The van der Waals surface area contributed by atoms with Crippen molar-refractivity contribution in [1.82, 2.24) is 14.9 Å². The van der Waals surface area contributed by atoms with E-state index in [2.05, 4.69) is 62.6 Å². The number of aromatic nitrogens is 2. The van der Waals surface area contributed by atoms with Crippen molar-refractivity contribution in [2.75, 3.05) is 38.2 Å². The molecular formula is C34H36N4O3. The minimum Gasteiger partial charge on any atom is -0.491 e. The van der Waals surface area contributed by atoms with Gasteiger partial charge in [0.05, 0.1) is 19.8 Å². The van der Waals surface area contributed by atoms with E-state index in [1.54, 1.807) is 6.33 Å². The van der Waals surface area contributed by atoms with Crippen LogP contribution >= 0.6 is 0 Å². The molecule has 1 aliphatic carbocycles. The molecule has 0 radical (unpaired) electrons. The Bertz CT molecular complexity index is 1490. The van der Waals surface area contributed by atoms with Crippen LogP contribution in [0.4, 0.5) is 5.69 Å². The van der Waals surface area contributed by atoms with Crippen LogP contribution in [-0.4, -0.2) is 53.7 Å². The summed E-state index contributed by atoms with van der Waals surface area (Å²) in [4.78, 5) is 23.7. The largest absolute Gasteiger partial charge is 0.491 e. The van der Waals surface area contributed by atoms with Crippen LogP contribution in [0, 0.1) is 0 Å². The lowest BCUT2D eigenvalue weighted by atomic mass is 9.90. The van der Waals surface area contributed by atoms with Gasteiger partial charge in [-0.1, -0.05) is 42.5 Å². The lowest BCUT2D eigenvalue weighted by molar-refractivity contribution is -0.117.